The Hall–Kier alpha value is -2.21. The predicted molar refractivity (Wildman–Crippen MR) is 114 cm³/mol. The second kappa shape index (κ2) is 8.66. The first kappa shape index (κ1) is 20.1. The predicted octanol–water partition coefficient (Wildman–Crippen LogP) is 3.69. The molecule has 2 saturated heterocycles. The van der Waals surface area contributed by atoms with Crippen LogP contribution >= 0.6 is 0 Å². The summed E-state index contributed by atoms with van der Waals surface area (Å²) >= 11 is 0. The van der Waals surface area contributed by atoms with Gasteiger partial charge < -0.3 is 14.8 Å². The van der Waals surface area contributed by atoms with Crippen LogP contribution in [0.25, 0.3) is 0 Å². The first-order valence-electron chi connectivity index (χ1n) is 10.4. The lowest BCUT2D eigenvalue weighted by Crippen LogP contribution is -2.42. The molecule has 2 aliphatic heterocycles. The van der Waals surface area contributed by atoms with Crippen molar-refractivity contribution in [3.05, 3.63) is 65.2 Å². The van der Waals surface area contributed by atoms with Gasteiger partial charge in [-0.15, -0.1) is 0 Å². The number of anilines is 1. The standard InChI is InChI=1S/C24H30N2O3/c1-18-9-10-19(2)21(13-18)25-23(27)15-26-14-22(24(17-26)11-6-12-29-24)28-16-20-7-4-3-5-8-20/h3-5,7-10,13,22H,6,11-12,14-17H2,1-2H3,(H,25,27)/t22-,24-/m0/s1. The second-order valence-electron chi connectivity index (χ2n) is 8.34. The van der Waals surface area contributed by atoms with Crippen LogP contribution in [0.5, 0.6) is 0 Å². The minimum absolute atomic E-state index is 0.00977. The number of likely N-dealkylation sites (tertiary alicyclic amines) is 1. The maximum atomic E-state index is 12.7. The average molecular weight is 395 g/mol. The normalized spacial score (nSPS) is 24.3. The van der Waals surface area contributed by atoms with E-state index in [1.54, 1.807) is 0 Å². The molecule has 2 aromatic carbocycles. The number of aryl methyl sites for hydroxylation is 2. The van der Waals surface area contributed by atoms with E-state index in [1.165, 1.54) is 0 Å². The first-order valence-corrected chi connectivity index (χ1v) is 10.4. The van der Waals surface area contributed by atoms with Crippen LogP contribution in [0.4, 0.5) is 5.69 Å². The van der Waals surface area contributed by atoms with Crippen LogP contribution in [0.15, 0.2) is 48.5 Å². The van der Waals surface area contributed by atoms with Gasteiger partial charge >= 0.3 is 0 Å². The van der Waals surface area contributed by atoms with Crippen LogP contribution in [0.2, 0.25) is 0 Å². The summed E-state index contributed by atoms with van der Waals surface area (Å²) in [5, 5.41) is 3.07. The summed E-state index contributed by atoms with van der Waals surface area (Å²) in [5.74, 6) is 0.00977. The van der Waals surface area contributed by atoms with Crippen molar-refractivity contribution >= 4 is 11.6 Å². The molecule has 0 radical (unpaired) electrons. The van der Waals surface area contributed by atoms with Crippen molar-refractivity contribution in [1.29, 1.82) is 0 Å². The molecule has 29 heavy (non-hydrogen) atoms. The third-order valence-electron chi connectivity index (χ3n) is 5.96. The van der Waals surface area contributed by atoms with Gasteiger partial charge in [-0.3, -0.25) is 9.69 Å². The summed E-state index contributed by atoms with van der Waals surface area (Å²) < 4.78 is 12.5. The van der Waals surface area contributed by atoms with Gasteiger partial charge in [0.15, 0.2) is 0 Å². The van der Waals surface area contributed by atoms with E-state index < -0.39 is 0 Å². The summed E-state index contributed by atoms with van der Waals surface area (Å²) in [4.78, 5) is 14.9. The molecule has 154 valence electrons. The quantitative estimate of drug-likeness (QED) is 0.812. The van der Waals surface area contributed by atoms with Crippen molar-refractivity contribution < 1.29 is 14.3 Å². The highest BCUT2D eigenvalue weighted by Crippen LogP contribution is 2.37. The molecule has 1 N–H and O–H groups in total. The number of rotatable bonds is 6. The molecule has 2 heterocycles. The molecule has 1 amide bonds. The van der Waals surface area contributed by atoms with Gasteiger partial charge in [0.2, 0.25) is 5.91 Å². The summed E-state index contributed by atoms with van der Waals surface area (Å²) in [5.41, 5.74) is 3.98. The third kappa shape index (κ3) is 4.69. The Morgan fingerprint density at radius 3 is 2.83 bits per heavy atom. The fourth-order valence-electron chi connectivity index (χ4n) is 4.40. The van der Waals surface area contributed by atoms with Crippen molar-refractivity contribution in [3.63, 3.8) is 0 Å². The molecule has 2 aromatic rings. The van der Waals surface area contributed by atoms with Gasteiger partial charge in [-0.05, 0) is 49.4 Å². The maximum Gasteiger partial charge on any atom is 0.238 e. The average Bonchev–Trinajstić information content (AvgIpc) is 3.31. The van der Waals surface area contributed by atoms with Crippen molar-refractivity contribution in [3.8, 4) is 0 Å². The van der Waals surface area contributed by atoms with E-state index in [0.717, 1.165) is 48.4 Å². The minimum atomic E-state index is -0.283. The van der Waals surface area contributed by atoms with Crippen LogP contribution < -0.4 is 5.32 Å². The molecule has 5 heteroatoms. The van der Waals surface area contributed by atoms with Crippen molar-refractivity contribution in [2.75, 3.05) is 31.6 Å². The molecule has 2 fully saturated rings. The topological polar surface area (TPSA) is 50.8 Å². The Morgan fingerprint density at radius 2 is 2.07 bits per heavy atom. The molecule has 2 atom stereocenters. The Morgan fingerprint density at radius 1 is 1.24 bits per heavy atom. The molecular formula is C24H30N2O3. The number of benzene rings is 2. The van der Waals surface area contributed by atoms with Gasteiger partial charge in [0, 0.05) is 25.4 Å². The van der Waals surface area contributed by atoms with Crippen molar-refractivity contribution in [2.24, 2.45) is 0 Å². The number of amides is 1. The molecule has 1 spiro atoms. The van der Waals surface area contributed by atoms with Gasteiger partial charge in [-0.25, -0.2) is 0 Å². The monoisotopic (exact) mass is 394 g/mol. The van der Waals surface area contributed by atoms with Crippen LogP contribution in [0.3, 0.4) is 0 Å². The highest BCUT2D eigenvalue weighted by molar-refractivity contribution is 5.93. The number of nitrogens with zero attached hydrogens (tertiary/aromatic N) is 1. The lowest BCUT2D eigenvalue weighted by atomic mass is 9.96. The Labute approximate surface area is 173 Å². The molecule has 0 aromatic heterocycles. The van der Waals surface area contributed by atoms with Gasteiger partial charge in [0.1, 0.15) is 11.7 Å². The zero-order valence-electron chi connectivity index (χ0n) is 17.3. The van der Waals surface area contributed by atoms with E-state index >= 15 is 0 Å². The van der Waals surface area contributed by atoms with Gasteiger partial charge in [-0.2, -0.15) is 0 Å². The van der Waals surface area contributed by atoms with Crippen LogP contribution in [0.1, 0.15) is 29.5 Å². The Bertz CT molecular complexity index is 846. The minimum Gasteiger partial charge on any atom is -0.371 e. The Kier molecular flexibility index (Phi) is 5.99. The van der Waals surface area contributed by atoms with Crippen LogP contribution in [-0.4, -0.2) is 48.8 Å². The van der Waals surface area contributed by atoms with Gasteiger partial charge in [-0.1, -0.05) is 42.5 Å². The molecule has 0 unspecified atom stereocenters. The lowest BCUT2D eigenvalue weighted by Gasteiger charge is -2.29. The van der Waals surface area contributed by atoms with E-state index in [4.69, 9.17) is 9.47 Å². The molecule has 0 bridgehead atoms. The van der Waals surface area contributed by atoms with E-state index in [0.29, 0.717) is 19.7 Å². The van der Waals surface area contributed by atoms with Gasteiger partial charge in [0.25, 0.3) is 0 Å². The summed E-state index contributed by atoms with van der Waals surface area (Å²) in [6, 6.07) is 16.3. The van der Waals surface area contributed by atoms with Crippen LogP contribution in [0, 0.1) is 13.8 Å². The summed E-state index contributed by atoms with van der Waals surface area (Å²) in [6.45, 7) is 7.20. The van der Waals surface area contributed by atoms with Crippen LogP contribution in [-0.2, 0) is 20.9 Å². The SMILES string of the molecule is Cc1ccc(C)c(NC(=O)CN2C[C@H](OCc3ccccc3)[C@]3(CCCO3)C2)c1. The molecule has 0 saturated carbocycles. The smallest absolute Gasteiger partial charge is 0.238 e. The highest BCUT2D eigenvalue weighted by Gasteiger charge is 2.50. The fraction of sp³-hybridized carbons (Fsp3) is 0.458. The Balaban J connectivity index is 1.38. The second-order valence-corrected chi connectivity index (χ2v) is 8.34. The van der Waals surface area contributed by atoms with E-state index in [9.17, 15) is 4.79 Å². The van der Waals surface area contributed by atoms with E-state index in [2.05, 4.69) is 28.4 Å². The number of hydrogen-bond donors (Lipinski definition) is 1. The van der Waals surface area contributed by atoms with E-state index in [-0.39, 0.29) is 17.6 Å². The maximum absolute atomic E-state index is 12.7. The number of ether oxygens (including phenoxy) is 2. The fourth-order valence-corrected chi connectivity index (χ4v) is 4.40. The zero-order valence-corrected chi connectivity index (χ0v) is 17.3. The van der Waals surface area contributed by atoms with Crippen molar-refractivity contribution in [2.45, 2.75) is 45.0 Å². The lowest BCUT2D eigenvalue weighted by molar-refractivity contribution is -0.117. The summed E-state index contributed by atoms with van der Waals surface area (Å²) in [7, 11) is 0. The molecular weight excluding hydrogens is 364 g/mol. The van der Waals surface area contributed by atoms with E-state index in [1.807, 2.05) is 44.2 Å². The summed E-state index contributed by atoms with van der Waals surface area (Å²) in [6.07, 6.45) is 2.02. The molecule has 0 aliphatic carbocycles. The van der Waals surface area contributed by atoms with Gasteiger partial charge in [0.05, 0.1) is 13.2 Å². The number of carbonyl (C=O) groups is 1. The zero-order chi connectivity index (χ0) is 20.3. The molecule has 4 rings (SSSR count). The van der Waals surface area contributed by atoms with Crippen molar-refractivity contribution in [1.82, 2.24) is 4.90 Å². The number of nitrogens with one attached hydrogen (secondary N) is 1. The first-order chi connectivity index (χ1) is 14.0. The molecule has 2 aliphatic rings. The molecule has 5 nitrogen and oxygen atoms in total. The third-order valence-corrected chi connectivity index (χ3v) is 5.96. The number of carbonyl (C=O) groups excluding carboxylic acids is 1. The largest absolute Gasteiger partial charge is 0.371 e. The number of hydrogen-bond acceptors (Lipinski definition) is 4. The highest BCUT2D eigenvalue weighted by atomic mass is 16.6.